The molecule has 4 heteroatoms. The van der Waals surface area contributed by atoms with E-state index in [1.54, 1.807) is 18.2 Å². The molecule has 0 fully saturated rings. The zero-order valence-electron chi connectivity index (χ0n) is 15.3. The number of likely N-dealkylation sites (N-methyl/N-ethyl adjacent to an activating group) is 1. The Morgan fingerprint density at radius 2 is 1.88 bits per heavy atom. The van der Waals surface area contributed by atoms with E-state index in [1.807, 2.05) is 31.3 Å². The number of hydrogen-bond donors (Lipinski definition) is 0. The fourth-order valence-corrected chi connectivity index (χ4v) is 3.40. The van der Waals surface area contributed by atoms with Gasteiger partial charge in [0.15, 0.2) is 12.4 Å². The Labute approximate surface area is 154 Å². The summed E-state index contributed by atoms with van der Waals surface area (Å²) in [5, 5.41) is 8.69. The summed E-state index contributed by atoms with van der Waals surface area (Å²) >= 11 is 0. The Kier molecular flexibility index (Phi) is 4.81. The van der Waals surface area contributed by atoms with E-state index in [4.69, 9.17) is 10.00 Å². The van der Waals surface area contributed by atoms with Gasteiger partial charge in [-0.15, -0.1) is 0 Å². The topological polar surface area (TPSA) is 53.3 Å². The first-order valence-electron chi connectivity index (χ1n) is 8.60. The molecule has 0 bridgehead atoms. The Bertz CT molecular complexity index is 889. The van der Waals surface area contributed by atoms with Gasteiger partial charge >= 0.3 is 0 Å². The second-order valence-corrected chi connectivity index (χ2v) is 6.96. The van der Waals surface area contributed by atoms with Gasteiger partial charge in [0.25, 0.3) is 0 Å². The van der Waals surface area contributed by atoms with Crippen LogP contribution in [0.5, 0.6) is 5.75 Å². The maximum Gasteiger partial charge on any atom is 0.194 e. The maximum atomic E-state index is 12.5. The summed E-state index contributed by atoms with van der Waals surface area (Å²) in [6, 6.07) is 17.6. The van der Waals surface area contributed by atoms with Gasteiger partial charge in [-0.25, -0.2) is 0 Å². The number of carbonyl (C=O) groups excluding carboxylic acids is 1. The molecule has 0 atom stereocenters. The molecule has 0 saturated heterocycles. The first-order chi connectivity index (χ1) is 12.4. The third-order valence-electron chi connectivity index (χ3n) is 4.83. The molecule has 1 aliphatic heterocycles. The predicted molar refractivity (Wildman–Crippen MR) is 102 cm³/mol. The molecule has 0 saturated carbocycles. The quantitative estimate of drug-likeness (QED) is 0.768. The van der Waals surface area contributed by atoms with Crippen molar-refractivity contribution in [2.24, 2.45) is 0 Å². The van der Waals surface area contributed by atoms with Crippen LogP contribution in [0.4, 0.5) is 5.69 Å². The number of nitrogens with zero attached hydrogens (tertiary/aromatic N) is 2. The summed E-state index contributed by atoms with van der Waals surface area (Å²) in [5.41, 5.74) is 4.03. The van der Waals surface area contributed by atoms with Crippen LogP contribution in [0.15, 0.2) is 60.3 Å². The lowest BCUT2D eigenvalue weighted by Gasteiger charge is -2.23. The van der Waals surface area contributed by atoms with Crippen molar-refractivity contribution in [1.29, 1.82) is 5.26 Å². The Morgan fingerprint density at radius 1 is 1.19 bits per heavy atom. The minimum absolute atomic E-state index is 0.0125. The smallest absolute Gasteiger partial charge is 0.194 e. The van der Waals surface area contributed by atoms with Crippen LogP contribution in [0, 0.1) is 11.3 Å². The van der Waals surface area contributed by atoms with Crippen molar-refractivity contribution in [3.8, 4) is 11.8 Å². The third kappa shape index (κ3) is 3.34. The summed E-state index contributed by atoms with van der Waals surface area (Å²) in [6.45, 7) is 4.24. The van der Waals surface area contributed by atoms with Gasteiger partial charge in [-0.1, -0.05) is 44.2 Å². The molecular weight excluding hydrogens is 324 g/mol. The highest BCUT2D eigenvalue weighted by Gasteiger charge is 2.38. The van der Waals surface area contributed by atoms with Crippen LogP contribution in [-0.4, -0.2) is 19.4 Å². The first kappa shape index (κ1) is 17.8. The van der Waals surface area contributed by atoms with Crippen LogP contribution in [0.1, 0.15) is 25.0 Å². The van der Waals surface area contributed by atoms with Crippen molar-refractivity contribution in [2.45, 2.75) is 25.7 Å². The summed E-state index contributed by atoms with van der Waals surface area (Å²) < 4.78 is 5.60. The average molecular weight is 346 g/mol. The van der Waals surface area contributed by atoms with E-state index in [-0.39, 0.29) is 17.8 Å². The molecular formula is C22H22N2O2. The Hall–Kier alpha value is -3.06. The van der Waals surface area contributed by atoms with Crippen molar-refractivity contribution in [1.82, 2.24) is 0 Å². The number of carbonyl (C=O) groups is 1. The number of ketones is 1. The van der Waals surface area contributed by atoms with Crippen molar-refractivity contribution in [3.05, 3.63) is 71.4 Å². The summed E-state index contributed by atoms with van der Waals surface area (Å²) in [4.78, 5) is 14.5. The van der Waals surface area contributed by atoms with Gasteiger partial charge in [-0.3, -0.25) is 4.79 Å². The van der Waals surface area contributed by atoms with E-state index in [2.05, 4.69) is 36.9 Å². The molecule has 2 aromatic carbocycles. The zero-order chi connectivity index (χ0) is 18.7. The number of hydrogen-bond acceptors (Lipinski definition) is 4. The summed E-state index contributed by atoms with van der Waals surface area (Å²) in [5.74, 6) is 0.551. The highest BCUT2D eigenvalue weighted by molar-refractivity contribution is 5.93. The number of allylic oxidation sites excluding steroid dienone is 1. The molecule has 2 aromatic rings. The molecule has 1 aliphatic rings. The Morgan fingerprint density at radius 3 is 2.54 bits per heavy atom. The predicted octanol–water partition coefficient (Wildman–Crippen LogP) is 4.01. The maximum absolute atomic E-state index is 12.5. The van der Waals surface area contributed by atoms with Gasteiger partial charge in [0.1, 0.15) is 5.75 Å². The van der Waals surface area contributed by atoms with E-state index in [9.17, 15) is 4.79 Å². The molecule has 0 unspecified atom stereocenters. The molecule has 4 nitrogen and oxygen atoms in total. The van der Waals surface area contributed by atoms with Crippen LogP contribution in [0.3, 0.4) is 0 Å². The van der Waals surface area contributed by atoms with Gasteiger partial charge in [-0.05, 0) is 29.3 Å². The lowest BCUT2D eigenvalue weighted by molar-refractivity contribution is -0.116. The number of benzene rings is 2. The first-order valence-corrected chi connectivity index (χ1v) is 8.60. The zero-order valence-corrected chi connectivity index (χ0v) is 15.3. The number of para-hydroxylation sites is 1. The minimum Gasteiger partial charge on any atom is -0.485 e. The largest absolute Gasteiger partial charge is 0.485 e. The lowest BCUT2D eigenvalue weighted by atomic mass is 9.83. The number of rotatable bonds is 5. The molecule has 26 heavy (non-hydrogen) atoms. The second-order valence-electron chi connectivity index (χ2n) is 6.96. The van der Waals surface area contributed by atoms with E-state index >= 15 is 0 Å². The minimum atomic E-state index is -0.222. The van der Waals surface area contributed by atoms with Gasteiger partial charge < -0.3 is 9.64 Å². The number of ether oxygens (including phenoxy) is 1. The number of fused-ring (bicyclic) bond motifs is 1. The summed E-state index contributed by atoms with van der Waals surface area (Å²) in [7, 11) is 1.99. The van der Waals surface area contributed by atoms with Crippen LogP contribution in [0.25, 0.3) is 0 Å². The van der Waals surface area contributed by atoms with Crippen LogP contribution < -0.4 is 9.64 Å². The third-order valence-corrected chi connectivity index (χ3v) is 4.83. The molecule has 3 rings (SSSR count). The number of anilines is 1. The number of nitriles is 1. The normalized spacial score (nSPS) is 16.2. The van der Waals surface area contributed by atoms with Gasteiger partial charge in [0.05, 0.1) is 12.5 Å². The second kappa shape index (κ2) is 7.05. The van der Waals surface area contributed by atoms with E-state index < -0.39 is 0 Å². The molecule has 0 aliphatic carbocycles. The molecule has 0 aromatic heterocycles. The lowest BCUT2D eigenvalue weighted by Crippen LogP contribution is -2.25. The van der Waals surface area contributed by atoms with Gasteiger partial charge in [0.2, 0.25) is 0 Å². The monoisotopic (exact) mass is 346 g/mol. The van der Waals surface area contributed by atoms with E-state index in [0.717, 1.165) is 16.9 Å². The van der Waals surface area contributed by atoms with Gasteiger partial charge in [-0.2, -0.15) is 5.26 Å². The summed E-state index contributed by atoms with van der Waals surface area (Å²) in [6.07, 6.45) is 2.05. The molecule has 132 valence electrons. The van der Waals surface area contributed by atoms with E-state index in [1.165, 1.54) is 5.56 Å². The van der Waals surface area contributed by atoms with Gasteiger partial charge in [0, 0.05) is 29.9 Å². The van der Waals surface area contributed by atoms with Crippen molar-refractivity contribution in [3.63, 3.8) is 0 Å². The van der Waals surface area contributed by atoms with Crippen molar-refractivity contribution >= 4 is 11.5 Å². The van der Waals surface area contributed by atoms with Crippen LogP contribution >= 0.6 is 0 Å². The molecule has 0 spiro atoms. The molecule has 1 heterocycles. The SMILES string of the molecule is CN1/C(=C\C(=O)COc2ccc(CC#N)cc2)C(C)(C)c2ccccc21. The van der Waals surface area contributed by atoms with E-state index in [0.29, 0.717) is 12.2 Å². The molecule has 0 radical (unpaired) electrons. The Balaban J connectivity index is 1.70. The standard InChI is InChI=1S/C22H22N2O2/c1-22(2)19-6-4-5-7-20(19)24(3)21(22)14-17(25)15-26-18-10-8-16(9-11-18)12-13-23/h4-11,14H,12,15H2,1-3H3/b21-14-. The fraction of sp³-hybridized carbons (Fsp3) is 0.273. The molecule has 0 amide bonds. The fourth-order valence-electron chi connectivity index (χ4n) is 3.40. The average Bonchev–Trinajstić information content (AvgIpc) is 2.83. The molecule has 0 N–H and O–H groups in total. The highest BCUT2D eigenvalue weighted by Crippen LogP contribution is 2.46. The highest BCUT2D eigenvalue weighted by atomic mass is 16.5. The van der Waals surface area contributed by atoms with Crippen LogP contribution in [0.2, 0.25) is 0 Å². The van der Waals surface area contributed by atoms with Crippen molar-refractivity contribution in [2.75, 3.05) is 18.6 Å². The van der Waals surface area contributed by atoms with Crippen molar-refractivity contribution < 1.29 is 9.53 Å². The van der Waals surface area contributed by atoms with Crippen LogP contribution in [-0.2, 0) is 16.6 Å².